The van der Waals surface area contributed by atoms with E-state index < -0.39 is 5.97 Å². The van der Waals surface area contributed by atoms with Crippen molar-refractivity contribution in [1.29, 1.82) is 0 Å². The predicted molar refractivity (Wildman–Crippen MR) is 80.2 cm³/mol. The first-order valence-electron chi connectivity index (χ1n) is 6.89. The fraction of sp³-hybridized carbons (Fsp3) is 0.438. The second-order valence-corrected chi connectivity index (χ2v) is 5.20. The Labute approximate surface area is 124 Å². The molecule has 0 aliphatic carbocycles. The fourth-order valence-electron chi connectivity index (χ4n) is 1.78. The summed E-state index contributed by atoms with van der Waals surface area (Å²) >= 11 is 0. The Morgan fingerprint density at radius 2 is 1.76 bits per heavy atom. The Morgan fingerprint density at radius 3 is 2.33 bits per heavy atom. The SMILES string of the molecule is CC(=O)CCC(=O)Oc1ccccc1N(C)C(=O)C(C)C. The zero-order valence-electron chi connectivity index (χ0n) is 12.9. The minimum Gasteiger partial charge on any atom is -0.424 e. The molecule has 1 rings (SSSR count). The summed E-state index contributed by atoms with van der Waals surface area (Å²) in [5, 5.41) is 0. The van der Waals surface area contributed by atoms with E-state index in [-0.39, 0.29) is 30.4 Å². The zero-order chi connectivity index (χ0) is 16.0. The lowest BCUT2D eigenvalue weighted by Crippen LogP contribution is -2.30. The van der Waals surface area contributed by atoms with Crippen LogP contribution in [0.2, 0.25) is 0 Å². The first kappa shape index (κ1) is 16.9. The van der Waals surface area contributed by atoms with Crippen LogP contribution in [-0.2, 0) is 14.4 Å². The molecule has 0 aliphatic rings. The number of nitrogens with zero attached hydrogens (tertiary/aromatic N) is 1. The average Bonchev–Trinajstić information content (AvgIpc) is 2.44. The smallest absolute Gasteiger partial charge is 0.311 e. The van der Waals surface area contributed by atoms with Gasteiger partial charge in [-0.15, -0.1) is 0 Å². The maximum Gasteiger partial charge on any atom is 0.311 e. The van der Waals surface area contributed by atoms with Gasteiger partial charge in [-0.1, -0.05) is 26.0 Å². The lowest BCUT2D eigenvalue weighted by atomic mass is 10.1. The van der Waals surface area contributed by atoms with Crippen LogP contribution >= 0.6 is 0 Å². The van der Waals surface area contributed by atoms with Gasteiger partial charge < -0.3 is 14.4 Å². The van der Waals surface area contributed by atoms with E-state index in [1.807, 2.05) is 0 Å². The van der Waals surface area contributed by atoms with Gasteiger partial charge in [0.2, 0.25) is 5.91 Å². The molecule has 0 saturated heterocycles. The van der Waals surface area contributed by atoms with Gasteiger partial charge in [0.05, 0.1) is 12.1 Å². The van der Waals surface area contributed by atoms with Crippen molar-refractivity contribution in [2.75, 3.05) is 11.9 Å². The second kappa shape index (κ2) is 7.57. The molecule has 5 nitrogen and oxygen atoms in total. The largest absolute Gasteiger partial charge is 0.424 e. The average molecular weight is 291 g/mol. The van der Waals surface area contributed by atoms with Gasteiger partial charge in [0.15, 0.2) is 5.75 Å². The third-order valence-corrected chi connectivity index (χ3v) is 2.96. The van der Waals surface area contributed by atoms with E-state index in [1.165, 1.54) is 11.8 Å². The number of carbonyl (C=O) groups is 3. The number of carbonyl (C=O) groups excluding carboxylic acids is 3. The van der Waals surface area contributed by atoms with E-state index in [1.54, 1.807) is 45.2 Å². The number of ketones is 1. The zero-order valence-corrected chi connectivity index (χ0v) is 12.9. The molecular weight excluding hydrogens is 270 g/mol. The molecule has 1 amide bonds. The van der Waals surface area contributed by atoms with Crippen molar-refractivity contribution in [1.82, 2.24) is 0 Å². The summed E-state index contributed by atoms with van der Waals surface area (Å²) in [5.41, 5.74) is 0.535. The van der Waals surface area contributed by atoms with Crippen LogP contribution in [0, 0.1) is 5.92 Å². The van der Waals surface area contributed by atoms with Crippen molar-refractivity contribution in [3.8, 4) is 5.75 Å². The maximum absolute atomic E-state index is 12.0. The molecule has 0 radical (unpaired) electrons. The lowest BCUT2D eigenvalue weighted by molar-refractivity contribution is -0.136. The van der Waals surface area contributed by atoms with Crippen molar-refractivity contribution in [2.24, 2.45) is 5.92 Å². The van der Waals surface area contributed by atoms with Crippen LogP contribution < -0.4 is 9.64 Å². The molecule has 0 aromatic heterocycles. The molecule has 0 spiro atoms. The summed E-state index contributed by atoms with van der Waals surface area (Å²) in [7, 11) is 1.64. The van der Waals surface area contributed by atoms with Crippen LogP contribution in [0.4, 0.5) is 5.69 Å². The molecule has 0 bridgehead atoms. The van der Waals surface area contributed by atoms with Crippen LogP contribution in [0.15, 0.2) is 24.3 Å². The molecule has 0 N–H and O–H groups in total. The third-order valence-electron chi connectivity index (χ3n) is 2.96. The number of esters is 1. The topological polar surface area (TPSA) is 63.7 Å². The minimum absolute atomic E-state index is 0.0332. The summed E-state index contributed by atoms with van der Waals surface area (Å²) in [5.74, 6) is -0.448. The van der Waals surface area contributed by atoms with Crippen LogP contribution in [0.25, 0.3) is 0 Å². The number of anilines is 1. The van der Waals surface area contributed by atoms with Gasteiger partial charge >= 0.3 is 5.97 Å². The second-order valence-electron chi connectivity index (χ2n) is 5.20. The number of para-hydroxylation sites is 2. The standard InChI is InChI=1S/C16H21NO4/c1-11(2)16(20)17(4)13-7-5-6-8-14(13)21-15(19)10-9-12(3)18/h5-8,11H,9-10H2,1-4H3. The highest BCUT2D eigenvalue weighted by atomic mass is 16.5. The Balaban J connectivity index is 2.87. The van der Waals surface area contributed by atoms with Crippen LogP contribution in [0.5, 0.6) is 5.75 Å². The number of rotatable bonds is 6. The maximum atomic E-state index is 12.0. The summed E-state index contributed by atoms with van der Waals surface area (Å²) in [6.07, 6.45) is 0.188. The first-order valence-corrected chi connectivity index (χ1v) is 6.89. The van der Waals surface area contributed by atoms with Gasteiger partial charge in [-0.2, -0.15) is 0 Å². The van der Waals surface area contributed by atoms with Gasteiger partial charge in [-0.3, -0.25) is 9.59 Å². The van der Waals surface area contributed by atoms with Gasteiger partial charge in [0.25, 0.3) is 0 Å². The van der Waals surface area contributed by atoms with E-state index >= 15 is 0 Å². The number of benzene rings is 1. The monoisotopic (exact) mass is 291 g/mol. The molecule has 0 unspecified atom stereocenters. The van der Waals surface area contributed by atoms with Crippen LogP contribution in [-0.4, -0.2) is 24.7 Å². The summed E-state index contributed by atoms with van der Waals surface area (Å²) in [4.78, 5) is 36.1. The Bertz CT molecular complexity index is 537. The van der Waals surface area contributed by atoms with Gasteiger partial charge in [0, 0.05) is 19.4 Å². The number of hydrogen-bond acceptors (Lipinski definition) is 4. The molecule has 1 aromatic rings. The molecule has 1 aromatic carbocycles. The van der Waals surface area contributed by atoms with Gasteiger partial charge in [-0.25, -0.2) is 0 Å². The quantitative estimate of drug-likeness (QED) is 0.597. The van der Waals surface area contributed by atoms with Crippen LogP contribution in [0.1, 0.15) is 33.6 Å². The van der Waals surface area contributed by atoms with E-state index in [0.717, 1.165) is 0 Å². The molecule has 0 saturated carbocycles. The number of Topliss-reactive ketones (excluding diaryl/α,β-unsaturated/α-hetero) is 1. The highest BCUT2D eigenvalue weighted by molar-refractivity contribution is 5.96. The molecule has 5 heteroatoms. The van der Waals surface area contributed by atoms with Crippen LogP contribution in [0.3, 0.4) is 0 Å². The summed E-state index contributed by atoms with van der Waals surface area (Å²) in [6.45, 7) is 5.04. The van der Waals surface area contributed by atoms with Crippen molar-refractivity contribution in [2.45, 2.75) is 33.6 Å². The number of amides is 1. The van der Waals surface area contributed by atoms with Gasteiger partial charge in [0.1, 0.15) is 5.78 Å². The molecular formula is C16H21NO4. The molecule has 0 atom stereocenters. The first-order chi connectivity index (χ1) is 9.82. The highest BCUT2D eigenvalue weighted by Crippen LogP contribution is 2.28. The number of hydrogen-bond donors (Lipinski definition) is 0. The van der Waals surface area contributed by atoms with Crippen molar-refractivity contribution in [3.63, 3.8) is 0 Å². The van der Waals surface area contributed by atoms with E-state index in [2.05, 4.69) is 0 Å². The molecule has 0 fully saturated rings. The molecule has 0 heterocycles. The summed E-state index contributed by atoms with van der Waals surface area (Å²) < 4.78 is 5.26. The van der Waals surface area contributed by atoms with E-state index in [4.69, 9.17) is 4.74 Å². The molecule has 21 heavy (non-hydrogen) atoms. The molecule has 0 aliphatic heterocycles. The Kier molecular flexibility index (Phi) is 6.09. The van der Waals surface area contributed by atoms with Gasteiger partial charge in [-0.05, 0) is 19.1 Å². The van der Waals surface area contributed by atoms with E-state index in [9.17, 15) is 14.4 Å². The van der Waals surface area contributed by atoms with Crippen molar-refractivity contribution < 1.29 is 19.1 Å². The summed E-state index contributed by atoms with van der Waals surface area (Å²) in [6, 6.07) is 6.84. The van der Waals surface area contributed by atoms with Crippen molar-refractivity contribution in [3.05, 3.63) is 24.3 Å². The van der Waals surface area contributed by atoms with Crippen molar-refractivity contribution >= 4 is 23.3 Å². The molecule has 114 valence electrons. The normalized spacial score (nSPS) is 10.3. The minimum atomic E-state index is -0.483. The highest BCUT2D eigenvalue weighted by Gasteiger charge is 2.19. The number of ether oxygens (including phenoxy) is 1. The Hall–Kier alpha value is -2.17. The fourth-order valence-corrected chi connectivity index (χ4v) is 1.78. The van der Waals surface area contributed by atoms with E-state index in [0.29, 0.717) is 11.4 Å². The Morgan fingerprint density at radius 1 is 1.14 bits per heavy atom. The lowest BCUT2D eigenvalue weighted by Gasteiger charge is -2.21. The third kappa shape index (κ3) is 5.02. The predicted octanol–water partition coefficient (Wildman–Crippen LogP) is 2.58.